The van der Waals surface area contributed by atoms with Crippen LogP contribution < -0.4 is 0 Å². The molecule has 0 aromatic heterocycles. The number of hydrogen-bond donors (Lipinski definition) is 0. The van der Waals surface area contributed by atoms with Gasteiger partial charge in [0.1, 0.15) is 0 Å². The summed E-state index contributed by atoms with van der Waals surface area (Å²) < 4.78 is 0. The molecule has 0 aliphatic rings. The molecule has 1 unspecified atom stereocenters. The molecule has 0 N–H and O–H groups in total. The van der Waals surface area contributed by atoms with Crippen molar-refractivity contribution >= 4 is 0 Å². The molecule has 0 aromatic carbocycles. The summed E-state index contributed by atoms with van der Waals surface area (Å²) in [4.78, 5) is 0. The molecular formula is C14H30. The summed E-state index contributed by atoms with van der Waals surface area (Å²) in [5.41, 5.74) is 0.608. The first kappa shape index (κ1) is 14.0. The summed E-state index contributed by atoms with van der Waals surface area (Å²) in [7, 11) is 0. The van der Waals surface area contributed by atoms with E-state index in [2.05, 4.69) is 41.5 Å². The van der Waals surface area contributed by atoms with Crippen LogP contribution in [0.25, 0.3) is 0 Å². The van der Waals surface area contributed by atoms with Crippen molar-refractivity contribution in [2.45, 2.75) is 73.6 Å². The van der Waals surface area contributed by atoms with Gasteiger partial charge in [0.2, 0.25) is 0 Å². The molecular weight excluding hydrogens is 168 g/mol. The molecule has 0 heteroatoms. The zero-order chi connectivity index (χ0) is 11.2. The van der Waals surface area contributed by atoms with E-state index in [-0.39, 0.29) is 0 Å². The Balaban J connectivity index is 3.72. The molecule has 0 fully saturated rings. The molecule has 0 aliphatic heterocycles. The minimum Gasteiger partial charge on any atom is -0.0649 e. The minimum atomic E-state index is 0.608. The van der Waals surface area contributed by atoms with E-state index in [1.807, 2.05) is 0 Å². The van der Waals surface area contributed by atoms with Crippen LogP contribution in [-0.4, -0.2) is 0 Å². The third-order valence-electron chi connectivity index (χ3n) is 4.28. The molecule has 0 amide bonds. The molecule has 0 spiro atoms. The maximum atomic E-state index is 2.44. The molecule has 0 radical (unpaired) electrons. The fraction of sp³-hybridized carbons (Fsp3) is 1.00. The molecule has 0 aliphatic carbocycles. The molecule has 0 bridgehead atoms. The lowest BCUT2D eigenvalue weighted by atomic mass is 9.78. The molecule has 0 saturated heterocycles. The quantitative estimate of drug-likeness (QED) is 0.522. The molecule has 86 valence electrons. The monoisotopic (exact) mass is 198 g/mol. The smallest absolute Gasteiger partial charge is 0.0331 e. The van der Waals surface area contributed by atoms with Crippen LogP contribution in [0.15, 0.2) is 0 Å². The molecule has 1 atom stereocenters. The van der Waals surface area contributed by atoms with E-state index >= 15 is 0 Å². The maximum absolute atomic E-state index is 2.44. The summed E-state index contributed by atoms with van der Waals surface area (Å²) in [5, 5.41) is 0. The number of rotatable bonds is 7. The van der Waals surface area contributed by atoms with Gasteiger partial charge < -0.3 is 0 Å². The third kappa shape index (κ3) is 5.02. The molecule has 14 heavy (non-hydrogen) atoms. The second-order valence-corrected chi connectivity index (χ2v) is 5.63. The molecule has 0 saturated carbocycles. The SMILES string of the molecule is CCC(C)(CC)CCCC(C)C(C)C. The van der Waals surface area contributed by atoms with Crippen LogP contribution in [-0.2, 0) is 0 Å². The summed E-state index contributed by atoms with van der Waals surface area (Å²) in [6, 6.07) is 0. The Morgan fingerprint density at radius 1 is 1.00 bits per heavy atom. The van der Waals surface area contributed by atoms with E-state index < -0.39 is 0 Å². The van der Waals surface area contributed by atoms with Crippen LogP contribution in [0.2, 0.25) is 0 Å². The first-order valence-electron chi connectivity index (χ1n) is 6.45. The van der Waals surface area contributed by atoms with Crippen molar-refractivity contribution in [3.63, 3.8) is 0 Å². The zero-order valence-electron chi connectivity index (χ0n) is 11.2. The van der Waals surface area contributed by atoms with Gasteiger partial charge in [-0.1, -0.05) is 67.2 Å². The van der Waals surface area contributed by atoms with Crippen LogP contribution in [0.5, 0.6) is 0 Å². The second-order valence-electron chi connectivity index (χ2n) is 5.63. The van der Waals surface area contributed by atoms with Gasteiger partial charge in [-0.2, -0.15) is 0 Å². The van der Waals surface area contributed by atoms with Gasteiger partial charge in [-0.15, -0.1) is 0 Å². The second kappa shape index (κ2) is 6.48. The van der Waals surface area contributed by atoms with Crippen molar-refractivity contribution in [3.05, 3.63) is 0 Å². The van der Waals surface area contributed by atoms with Gasteiger partial charge in [0.15, 0.2) is 0 Å². The molecule has 0 rings (SSSR count). The van der Waals surface area contributed by atoms with Crippen molar-refractivity contribution in [1.29, 1.82) is 0 Å². The topological polar surface area (TPSA) is 0 Å². The van der Waals surface area contributed by atoms with Crippen LogP contribution in [0, 0.1) is 17.3 Å². The Hall–Kier alpha value is 0. The molecule has 0 aromatic rings. The lowest BCUT2D eigenvalue weighted by molar-refractivity contribution is 0.248. The lowest BCUT2D eigenvalue weighted by Crippen LogP contribution is -2.14. The van der Waals surface area contributed by atoms with E-state index in [1.165, 1.54) is 32.1 Å². The number of hydrogen-bond acceptors (Lipinski definition) is 0. The lowest BCUT2D eigenvalue weighted by Gasteiger charge is -2.27. The Kier molecular flexibility index (Phi) is 6.48. The standard InChI is InChI=1S/C14H30/c1-7-14(6,8-2)11-9-10-13(5)12(3)4/h12-13H,7-11H2,1-6H3. The summed E-state index contributed by atoms with van der Waals surface area (Å²) in [5.74, 6) is 1.75. The van der Waals surface area contributed by atoms with Gasteiger partial charge in [0.25, 0.3) is 0 Å². The van der Waals surface area contributed by atoms with Crippen LogP contribution >= 0.6 is 0 Å². The van der Waals surface area contributed by atoms with Gasteiger partial charge in [0, 0.05) is 0 Å². The first-order valence-corrected chi connectivity index (χ1v) is 6.45. The van der Waals surface area contributed by atoms with Gasteiger partial charge >= 0.3 is 0 Å². The summed E-state index contributed by atoms with van der Waals surface area (Å²) in [6.45, 7) is 14.2. The van der Waals surface area contributed by atoms with Crippen LogP contribution in [0.3, 0.4) is 0 Å². The van der Waals surface area contributed by atoms with Crippen molar-refractivity contribution in [3.8, 4) is 0 Å². The normalized spacial score (nSPS) is 14.8. The van der Waals surface area contributed by atoms with Crippen molar-refractivity contribution in [2.75, 3.05) is 0 Å². The fourth-order valence-electron chi connectivity index (χ4n) is 1.79. The Morgan fingerprint density at radius 3 is 1.86 bits per heavy atom. The highest BCUT2D eigenvalue weighted by atomic mass is 14.2. The highest BCUT2D eigenvalue weighted by Crippen LogP contribution is 2.32. The third-order valence-corrected chi connectivity index (χ3v) is 4.28. The Labute approximate surface area is 91.5 Å². The van der Waals surface area contributed by atoms with Crippen molar-refractivity contribution in [1.82, 2.24) is 0 Å². The summed E-state index contributed by atoms with van der Waals surface area (Å²) in [6.07, 6.45) is 6.90. The van der Waals surface area contributed by atoms with Crippen molar-refractivity contribution in [2.24, 2.45) is 17.3 Å². The van der Waals surface area contributed by atoms with E-state index in [4.69, 9.17) is 0 Å². The van der Waals surface area contributed by atoms with Crippen molar-refractivity contribution < 1.29 is 0 Å². The van der Waals surface area contributed by atoms with Crippen LogP contribution in [0.1, 0.15) is 73.6 Å². The fourth-order valence-corrected chi connectivity index (χ4v) is 1.79. The van der Waals surface area contributed by atoms with Gasteiger partial charge in [0.05, 0.1) is 0 Å². The van der Waals surface area contributed by atoms with Crippen LogP contribution in [0.4, 0.5) is 0 Å². The Bertz CT molecular complexity index is 131. The van der Waals surface area contributed by atoms with E-state index in [0.717, 1.165) is 11.8 Å². The van der Waals surface area contributed by atoms with Gasteiger partial charge in [-0.25, -0.2) is 0 Å². The minimum absolute atomic E-state index is 0.608. The highest BCUT2D eigenvalue weighted by molar-refractivity contribution is 4.71. The Morgan fingerprint density at radius 2 is 1.50 bits per heavy atom. The average molecular weight is 198 g/mol. The van der Waals surface area contributed by atoms with Gasteiger partial charge in [-0.05, 0) is 23.7 Å². The molecule has 0 nitrogen and oxygen atoms in total. The van der Waals surface area contributed by atoms with E-state index in [1.54, 1.807) is 0 Å². The highest BCUT2D eigenvalue weighted by Gasteiger charge is 2.19. The average Bonchev–Trinajstić information content (AvgIpc) is 2.17. The predicted octanol–water partition coefficient (Wildman–Crippen LogP) is 5.28. The largest absolute Gasteiger partial charge is 0.0649 e. The predicted molar refractivity (Wildman–Crippen MR) is 66.5 cm³/mol. The van der Waals surface area contributed by atoms with Gasteiger partial charge in [-0.3, -0.25) is 0 Å². The maximum Gasteiger partial charge on any atom is -0.0331 e. The van der Waals surface area contributed by atoms with E-state index in [9.17, 15) is 0 Å². The van der Waals surface area contributed by atoms with E-state index in [0.29, 0.717) is 5.41 Å². The molecule has 0 heterocycles. The summed E-state index contributed by atoms with van der Waals surface area (Å²) >= 11 is 0. The zero-order valence-corrected chi connectivity index (χ0v) is 11.2. The first-order chi connectivity index (χ1) is 6.45.